The van der Waals surface area contributed by atoms with Gasteiger partial charge in [0.2, 0.25) is 5.91 Å². The van der Waals surface area contributed by atoms with E-state index in [4.69, 9.17) is 5.11 Å². The van der Waals surface area contributed by atoms with Crippen LogP contribution in [-0.4, -0.2) is 47.1 Å². The van der Waals surface area contributed by atoms with Gasteiger partial charge in [-0.15, -0.1) is 0 Å². The van der Waals surface area contributed by atoms with E-state index in [1.807, 2.05) is 0 Å². The molecule has 0 aliphatic carbocycles. The molecule has 5 heteroatoms. The monoisotopic (exact) mass is 242 g/mol. The van der Waals surface area contributed by atoms with Gasteiger partial charge in [-0.25, -0.2) is 4.79 Å². The molecule has 1 saturated heterocycles. The molecule has 1 amide bonds. The molecule has 0 radical (unpaired) electrons. The van der Waals surface area contributed by atoms with Crippen LogP contribution in [0.4, 0.5) is 0 Å². The summed E-state index contributed by atoms with van der Waals surface area (Å²) in [6, 6.07) is -0.177. The van der Waals surface area contributed by atoms with Gasteiger partial charge in [-0.1, -0.05) is 13.8 Å². The van der Waals surface area contributed by atoms with Gasteiger partial charge in [0.25, 0.3) is 0 Å². The molecule has 1 aliphatic rings. The average Bonchev–Trinajstić information content (AvgIpc) is 2.72. The van der Waals surface area contributed by atoms with Crippen molar-refractivity contribution in [3.8, 4) is 0 Å². The zero-order valence-electron chi connectivity index (χ0n) is 10.6. The van der Waals surface area contributed by atoms with E-state index in [9.17, 15) is 9.59 Å². The van der Waals surface area contributed by atoms with E-state index in [0.717, 1.165) is 19.4 Å². The summed E-state index contributed by atoms with van der Waals surface area (Å²) in [5.74, 6) is -0.906. The van der Waals surface area contributed by atoms with Crippen LogP contribution in [0.3, 0.4) is 0 Å². The molecule has 0 aromatic carbocycles. The number of rotatable bonds is 6. The minimum absolute atomic E-state index is 0.0274. The molecule has 0 bridgehead atoms. The van der Waals surface area contributed by atoms with E-state index in [-0.39, 0.29) is 5.91 Å². The quantitative estimate of drug-likeness (QED) is 0.677. The molecule has 17 heavy (non-hydrogen) atoms. The molecule has 1 atom stereocenters. The Kier molecular flexibility index (Phi) is 5.41. The van der Waals surface area contributed by atoms with Crippen LogP contribution < -0.4 is 5.32 Å². The van der Waals surface area contributed by atoms with Crippen LogP contribution >= 0.6 is 0 Å². The Bertz CT molecular complexity index is 279. The van der Waals surface area contributed by atoms with Crippen LogP contribution in [0.2, 0.25) is 0 Å². The third-order valence-electron chi connectivity index (χ3n) is 2.98. The van der Waals surface area contributed by atoms with Crippen molar-refractivity contribution in [1.29, 1.82) is 0 Å². The number of amides is 1. The summed E-state index contributed by atoms with van der Waals surface area (Å²) in [5.41, 5.74) is 0. The molecule has 1 rings (SSSR count). The van der Waals surface area contributed by atoms with Crippen LogP contribution in [0.5, 0.6) is 0 Å². The second-order valence-electron chi connectivity index (χ2n) is 4.80. The van der Waals surface area contributed by atoms with Crippen molar-refractivity contribution in [2.45, 2.75) is 51.6 Å². The Morgan fingerprint density at radius 2 is 2.18 bits per heavy atom. The van der Waals surface area contributed by atoms with E-state index in [0.29, 0.717) is 25.4 Å². The second kappa shape index (κ2) is 6.59. The number of carbonyl (C=O) groups excluding carboxylic acids is 1. The minimum atomic E-state index is -0.879. The number of carboxylic acid groups (broad SMARTS) is 1. The first kappa shape index (κ1) is 14.0. The molecule has 2 N–H and O–H groups in total. The van der Waals surface area contributed by atoms with Crippen molar-refractivity contribution in [2.75, 3.05) is 13.1 Å². The molecule has 98 valence electrons. The molecule has 0 aromatic heterocycles. The third kappa shape index (κ3) is 4.34. The van der Waals surface area contributed by atoms with Gasteiger partial charge < -0.3 is 15.3 Å². The van der Waals surface area contributed by atoms with Crippen LogP contribution in [0.1, 0.15) is 39.5 Å². The molecule has 0 aromatic rings. The lowest BCUT2D eigenvalue weighted by Crippen LogP contribution is -2.40. The summed E-state index contributed by atoms with van der Waals surface area (Å²) in [5, 5.41) is 12.2. The number of nitrogens with one attached hydrogen (secondary N) is 1. The lowest BCUT2D eigenvalue weighted by molar-refractivity contribution is -0.148. The summed E-state index contributed by atoms with van der Waals surface area (Å²) in [6.45, 7) is 5.51. The molecule has 0 saturated carbocycles. The lowest BCUT2D eigenvalue weighted by Gasteiger charge is -2.21. The number of hydrogen-bond donors (Lipinski definition) is 2. The SMILES string of the molecule is CC(C)NCCCC(=O)N1CCCC1C(=O)O. The fourth-order valence-electron chi connectivity index (χ4n) is 2.10. The van der Waals surface area contributed by atoms with E-state index in [1.54, 1.807) is 0 Å². The fourth-order valence-corrected chi connectivity index (χ4v) is 2.10. The van der Waals surface area contributed by atoms with Crippen molar-refractivity contribution in [2.24, 2.45) is 0 Å². The first-order valence-corrected chi connectivity index (χ1v) is 6.28. The number of hydrogen-bond acceptors (Lipinski definition) is 3. The summed E-state index contributed by atoms with van der Waals surface area (Å²) >= 11 is 0. The van der Waals surface area contributed by atoms with Gasteiger partial charge in [-0.2, -0.15) is 0 Å². The molecule has 1 unspecified atom stereocenters. The van der Waals surface area contributed by atoms with Crippen molar-refractivity contribution < 1.29 is 14.7 Å². The highest BCUT2D eigenvalue weighted by Gasteiger charge is 2.33. The molecule has 1 heterocycles. The smallest absolute Gasteiger partial charge is 0.326 e. The zero-order valence-corrected chi connectivity index (χ0v) is 10.6. The van der Waals surface area contributed by atoms with Gasteiger partial charge in [-0.3, -0.25) is 4.79 Å². The van der Waals surface area contributed by atoms with Crippen molar-refractivity contribution in [3.63, 3.8) is 0 Å². The molecular formula is C12H22N2O3. The molecule has 0 spiro atoms. The minimum Gasteiger partial charge on any atom is -0.480 e. The molecule has 5 nitrogen and oxygen atoms in total. The highest BCUT2D eigenvalue weighted by molar-refractivity contribution is 5.84. The Hall–Kier alpha value is -1.10. The van der Waals surface area contributed by atoms with E-state index in [1.165, 1.54) is 4.90 Å². The van der Waals surface area contributed by atoms with Gasteiger partial charge in [0.05, 0.1) is 0 Å². The average molecular weight is 242 g/mol. The maximum Gasteiger partial charge on any atom is 0.326 e. The van der Waals surface area contributed by atoms with Crippen molar-refractivity contribution in [1.82, 2.24) is 10.2 Å². The summed E-state index contributed by atoms with van der Waals surface area (Å²) in [6.07, 6.45) is 2.58. The maximum atomic E-state index is 11.8. The summed E-state index contributed by atoms with van der Waals surface area (Å²) in [7, 11) is 0. The topological polar surface area (TPSA) is 69.6 Å². The Balaban J connectivity index is 2.29. The van der Waals surface area contributed by atoms with E-state index < -0.39 is 12.0 Å². The van der Waals surface area contributed by atoms with Gasteiger partial charge in [0.15, 0.2) is 0 Å². The van der Waals surface area contributed by atoms with Crippen LogP contribution in [0.15, 0.2) is 0 Å². The fraction of sp³-hybridized carbons (Fsp3) is 0.833. The summed E-state index contributed by atoms with van der Waals surface area (Å²) in [4.78, 5) is 24.3. The van der Waals surface area contributed by atoms with E-state index in [2.05, 4.69) is 19.2 Å². The number of likely N-dealkylation sites (tertiary alicyclic amines) is 1. The largest absolute Gasteiger partial charge is 0.480 e. The van der Waals surface area contributed by atoms with Crippen LogP contribution in [0, 0.1) is 0 Å². The predicted octanol–water partition coefficient (Wildman–Crippen LogP) is 0.840. The van der Waals surface area contributed by atoms with Crippen LogP contribution in [0.25, 0.3) is 0 Å². The zero-order chi connectivity index (χ0) is 12.8. The lowest BCUT2D eigenvalue weighted by atomic mass is 10.2. The summed E-state index contributed by atoms with van der Waals surface area (Å²) < 4.78 is 0. The number of carboxylic acids is 1. The van der Waals surface area contributed by atoms with Gasteiger partial charge in [-0.05, 0) is 25.8 Å². The molecule has 1 aliphatic heterocycles. The van der Waals surface area contributed by atoms with Crippen LogP contribution in [-0.2, 0) is 9.59 Å². The Morgan fingerprint density at radius 3 is 2.76 bits per heavy atom. The normalized spacial score (nSPS) is 19.9. The molecular weight excluding hydrogens is 220 g/mol. The highest BCUT2D eigenvalue weighted by atomic mass is 16.4. The van der Waals surface area contributed by atoms with Gasteiger partial charge in [0.1, 0.15) is 6.04 Å². The number of carbonyl (C=O) groups is 2. The highest BCUT2D eigenvalue weighted by Crippen LogP contribution is 2.18. The van der Waals surface area contributed by atoms with Gasteiger partial charge >= 0.3 is 5.97 Å². The van der Waals surface area contributed by atoms with E-state index >= 15 is 0 Å². The second-order valence-corrected chi connectivity index (χ2v) is 4.80. The van der Waals surface area contributed by atoms with Crippen molar-refractivity contribution >= 4 is 11.9 Å². The van der Waals surface area contributed by atoms with Crippen molar-refractivity contribution in [3.05, 3.63) is 0 Å². The number of aliphatic carboxylic acids is 1. The first-order valence-electron chi connectivity index (χ1n) is 6.28. The van der Waals surface area contributed by atoms with Gasteiger partial charge in [0, 0.05) is 19.0 Å². The maximum absolute atomic E-state index is 11.8. The standard InChI is InChI=1S/C12H22N2O3/c1-9(2)13-7-3-6-11(15)14-8-4-5-10(14)12(16)17/h9-10,13H,3-8H2,1-2H3,(H,16,17). The third-order valence-corrected chi connectivity index (χ3v) is 2.98. The molecule has 1 fully saturated rings. The first-order chi connectivity index (χ1) is 8.02. The Morgan fingerprint density at radius 1 is 1.47 bits per heavy atom. The number of nitrogens with zero attached hydrogens (tertiary/aromatic N) is 1. The predicted molar refractivity (Wildman–Crippen MR) is 64.7 cm³/mol. The Labute approximate surface area is 102 Å².